The molecular formula is C19H18N2O2. The van der Waals surface area contributed by atoms with Gasteiger partial charge >= 0.3 is 6.03 Å². The highest BCUT2D eigenvalue weighted by atomic mass is 16.7. The zero-order valence-electron chi connectivity index (χ0n) is 12.7. The van der Waals surface area contributed by atoms with E-state index < -0.39 is 0 Å². The third-order valence-corrected chi connectivity index (χ3v) is 3.54. The van der Waals surface area contributed by atoms with Crippen LogP contribution >= 0.6 is 0 Å². The van der Waals surface area contributed by atoms with Gasteiger partial charge in [-0.25, -0.2) is 10.3 Å². The maximum Gasteiger partial charge on any atom is 0.343 e. The van der Waals surface area contributed by atoms with Crippen molar-refractivity contribution in [1.29, 1.82) is 0 Å². The molecule has 0 spiro atoms. The van der Waals surface area contributed by atoms with E-state index in [2.05, 4.69) is 10.8 Å². The van der Waals surface area contributed by atoms with Crippen LogP contribution in [0, 0.1) is 0 Å². The Morgan fingerprint density at radius 2 is 1.61 bits per heavy atom. The predicted molar refractivity (Wildman–Crippen MR) is 92.2 cm³/mol. The van der Waals surface area contributed by atoms with Gasteiger partial charge in [0.1, 0.15) is 0 Å². The standard InChI is InChI=1S/C19H18N2O2/c22-19(21-23-14-13-15-7-2-1-3-8-15)20-18-12-6-10-16-9-4-5-11-17(16)18/h1-12H,13-14H2,(H2,20,21,22). The minimum absolute atomic E-state index is 0.380. The summed E-state index contributed by atoms with van der Waals surface area (Å²) in [4.78, 5) is 17.1. The number of nitrogens with one attached hydrogen (secondary N) is 2. The molecule has 116 valence electrons. The fraction of sp³-hybridized carbons (Fsp3) is 0.105. The molecule has 3 rings (SSSR count). The number of carbonyl (C=O) groups is 1. The summed E-state index contributed by atoms with van der Waals surface area (Å²) in [5.74, 6) is 0. The van der Waals surface area contributed by atoms with E-state index in [4.69, 9.17) is 4.84 Å². The van der Waals surface area contributed by atoms with Crippen molar-refractivity contribution in [3.05, 3.63) is 78.4 Å². The maximum atomic E-state index is 11.9. The van der Waals surface area contributed by atoms with Crippen molar-refractivity contribution >= 4 is 22.5 Å². The summed E-state index contributed by atoms with van der Waals surface area (Å²) >= 11 is 0. The zero-order valence-corrected chi connectivity index (χ0v) is 12.7. The second-order valence-corrected chi connectivity index (χ2v) is 5.17. The highest BCUT2D eigenvalue weighted by Gasteiger charge is 2.05. The molecule has 0 saturated heterocycles. The van der Waals surface area contributed by atoms with E-state index in [1.54, 1.807) is 0 Å². The number of urea groups is 1. The molecule has 4 nitrogen and oxygen atoms in total. The van der Waals surface area contributed by atoms with Gasteiger partial charge in [0.05, 0.1) is 12.3 Å². The monoisotopic (exact) mass is 306 g/mol. The van der Waals surface area contributed by atoms with Crippen LogP contribution in [0.4, 0.5) is 10.5 Å². The largest absolute Gasteiger partial charge is 0.343 e. The van der Waals surface area contributed by atoms with Crippen LogP contribution in [0.15, 0.2) is 72.8 Å². The van der Waals surface area contributed by atoms with Gasteiger partial charge in [-0.05, 0) is 23.4 Å². The van der Waals surface area contributed by atoms with E-state index >= 15 is 0 Å². The number of amides is 2. The Bertz CT molecular complexity index is 782. The normalized spacial score (nSPS) is 10.4. The highest BCUT2D eigenvalue weighted by Crippen LogP contribution is 2.22. The lowest BCUT2D eigenvalue weighted by molar-refractivity contribution is 0.0682. The van der Waals surface area contributed by atoms with Crippen molar-refractivity contribution in [2.24, 2.45) is 0 Å². The number of hydrogen-bond acceptors (Lipinski definition) is 2. The van der Waals surface area contributed by atoms with Gasteiger partial charge in [-0.15, -0.1) is 0 Å². The number of anilines is 1. The number of fused-ring (bicyclic) bond motifs is 1. The van der Waals surface area contributed by atoms with Gasteiger partial charge < -0.3 is 5.32 Å². The van der Waals surface area contributed by atoms with Gasteiger partial charge in [-0.1, -0.05) is 66.7 Å². The minimum atomic E-state index is -0.380. The molecule has 23 heavy (non-hydrogen) atoms. The van der Waals surface area contributed by atoms with Crippen LogP contribution < -0.4 is 10.8 Å². The van der Waals surface area contributed by atoms with Gasteiger partial charge in [0.2, 0.25) is 0 Å². The first-order valence-electron chi connectivity index (χ1n) is 7.53. The van der Waals surface area contributed by atoms with E-state index in [1.807, 2.05) is 72.8 Å². The second-order valence-electron chi connectivity index (χ2n) is 5.17. The fourth-order valence-electron chi connectivity index (χ4n) is 2.41. The second kappa shape index (κ2) is 7.42. The molecule has 0 aliphatic heterocycles. The van der Waals surface area contributed by atoms with Crippen molar-refractivity contribution in [3.8, 4) is 0 Å². The summed E-state index contributed by atoms with van der Waals surface area (Å²) in [6.45, 7) is 0.424. The summed E-state index contributed by atoms with van der Waals surface area (Å²) in [6, 6.07) is 23.3. The van der Waals surface area contributed by atoms with Crippen LogP contribution in [0.2, 0.25) is 0 Å². The smallest absolute Gasteiger partial charge is 0.306 e. The Morgan fingerprint density at radius 3 is 2.48 bits per heavy atom. The lowest BCUT2D eigenvalue weighted by atomic mass is 10.1. The van der Waals surface area contributed by atoms with E-state index in [9.17, 15) is 4.79 Å². The Balaban J connectivity index is 1.51. The maximum absolute atomic E-state index is 11.9. The van der Waals surface area contributed by atoms with Gasteiger partial charge in [-0.2, -0.15) is 0 Å². The molecule has 3 aromatic carbocycles. The van der Waals surface area contributed by atoms with E-state index in [0.717, 1.165) is 22.9 Å². The van der Waals surface area contributed by atoms with Crippen LogP contribution in [0.5, 0.6) is 0 Å². The summed E-state index contributed by atoms with van der Waals surface area (Å²) in [7, 11) is 0. The first-order valence-corrected chi connectivity index (χ1v) is 7.53. The van der Waals surface area contributed by atoms with Crippen LogP contribution in [-0.4, -0.2) is 12.6 Å². The predicted octanol–water partition coefficient (Wildman–Crippen LogP) is 4.14. The van der Waals surface area contributed by atoms with Crippen molar-refractivity contribution in [2.45, 2.75) is 6.42 Å². The third-order valence-electron chi connectivity index (χ3n) is 3.54. The van der Waals surface area contributed by atoms with Gasteiger partial charge in [-0.3, -0.25) is 4.84 Å². The third kappa shape index (κ3) is 4.08. The lowest BCUT2D eigenvalue weighted by Crippen LogP contribution is -2.29. The van der Waals surface area contributed by atoms with Gasteiger partial charge in [0.15, 0.2) is 0 Å². The Labute approximate surface area is 135 Å². The molecule has 4 heteroatoms. The van der Waals surface area contributed by atoms with Crippen molar-refractivity contribution in [3.63, 3.8) is 0 Å². The molecule has 2 amide bonds. The van der Waals surface area contributed by atoms with Crippen LogP contribution in [0.1, 0.15) is 5.56 Å². The molecule has 0 aromatic heterocycles. The van der Waals surface area contributed by atoms with E-state index in [-0.39, 0.29) is 6.03 Å². The van der Waals surface area contributed by atoms with Crippen molar-refractivity contribution in [2.75, 3.05) is 11.9 Å². The SMILES string of the molecule is O=C(NOCCc1ccccc1)Nc1cccc2ccccc12. The van der Waals surface area contributed by atoms with E-state index in [0.29, 0.717) is 6.61 Å². The zero-order chi connectivity index (χ0) is 15.9. The Kier molecular flexibility index (Phi) is 4.86. The number of hydroxylamine groups is 1. The first kappa shape index (κ1) is 15.1. The molecule has 0 fully saturated rings. The molecule has 0 unspecified atom stereocenters. The summed E-state index contributed by atoms with van der Waals surface area (Å²) < 4.78 is 0. The number of benzene rings is 3. The molecule has 0 bridgehead atoms. The van der Waals surface area contributed by atoms with Crippen molar-refractivity contribution in [1.82, 2.24) is 5.48 Å². The van der Waals surface area contributed by atoms with E-state index in [1.165, 1.54) is 5.56 Å². The highest BCUT2D eigenvalue weighted by molar-refractivity contribution is 6.01. The lowest BCUT2D eigenvalue weighted by Gasteiger charge is -2.10. The topological polar surface area (TPSA) is 50.4 Å². The van der Waals surface area contributed by atoms with Gasteiger partial charge in [0.25, 0.3) is 0 Å². The molecule has 2 N–H and O–H groups in total. The fourth-order valence-corrected chi connectivity index (χ4v) is 2.41. The molecular weight excluding hydrogens is 288 g/mol. The number of hydrogen-bond donors (Lipinski definition) is 2. The average molecular weight is 306 g/mol. The Morgan fingerprint density at radius 1 is 0.870 bits per heavy atom. The average Bonchev–Trinajstić information content (AvgIpc) is 2.60. The van der Waals surface area contributed by atoms with Crippen LogP contribution in [-0.2, 0) is 11.3 Å². The minimum Gasteiger partial charge on any atom is -0.306 e. The summed E-state index contributed by atoms with van der Waals surface area (Å²) in [6.07, 6.45) is 0.745. The van der Waals surface area contributed by atoms with Crippen LogP contribution in [0.3, 0.4) is 0 Å². The molecule has 0 atom stereocenters. The van der Waals surface area contributed by atoms with Crippen LogP contribution in [0.25, 0.3) is 10.8 Å². The molecule has 0 aliphatic carbocycles. The molecule has 0 aliphatic rings. The number of rotatable bonds is 5. The Hall–Kier alpha value is -2.85. The summed E-state index contributed by atoms with van der Waals surface area (Å²) in [5, 5.41) is 4.88. The number of carbonyl (C=O) groups excluding carboxylic acids is 1. The van der Waals surface area contributed by atoms with Crippen molar-refractivity contribution < 1.29 is 9.63 Å². The first-order chi connectivity index (χ1) is 11.3. The summed E-state index contributed by atoms with van der Waals surface area (Å²) in [5.41, 5.74) is 4.34. The van der Waals surface area contributed by atoms with Gasteiger partial charge in [0, 0.05) is 5.39 Å². The molecule has 0 radical (unpaired) electrons. The molecule has 3 aromatic rings. The quantitative estimate of drug-likeness (QED) is 0.550. The molecule has 0 heterocycles. The molecule has 0 saturated carbocycles.